The third kappa shape index (κ3) is 6.48. The van der Waals surface area contributed by atoms with E-state index in [2.05, 4.69) is 12.1 Å². The molecule has 0 spiro atoms. The number of ether oxygens (including phenoxy) is 1. The maximum absolute atomic E-state index is 12.9. The van der Waals surface area contributed by atoms with Crippen LogP contribution in [0.2, 0.25) is 0 Å². The van der Waals surface area contributed by atoms with Gasteiger partial charge in [0.2, 0.25) is 5.91 Å². The predicted molar refractivity (Wildman–Crippen MR) is 102 cm³/mol. The molecule has 2 aromatic rings. The van der Waals surface area contributed by atoms with Crippen LogP contribution in [0.25, 0.3) is 0 Å². The topological polar surface area (TPSA) is 32.8 Å². The normalized spacial score (nSPS) is 10.8. The number of halogens is 1. The molecule has 0 saturated heterocycles. The number of hydrogen-bond donors (Lipinski definition) is 0. The fraction of sp³-hybridized carbons (Fsp3) is 0.381. The highest BCUT2D eigenvalue weighted by molar-refractivity contribution is 5.77. The van der Waals surface area contributed by atoms with E-state index < -0.39 is 0 Å². The Morgan fingerprint density at radius 2 is 1.62 bits per heavy atom. The molecule has 0 bridgehead atoms. The highest BCUT2D eigenvalue weighted by Crippen LogP contribution is 2.12. The number of nitrogens with zero attached hydrogens (tertiary/aromatic N) is 2. The molecular formula is C21H27FN2O2. The second-order valence-corrected chi connectivity index (χ2v) is 6.57. The summed E-state index contributed by atoms with van der Waals surface area (Å²) in [5, 5.41) is 0. The molecule has 5 heteroatoms. The lowest BCUT2D eigenvalue weighted by molar-refractivity contribution is -0.131. The summed E-state index contributed by atoms with van der Waals surface area (Å²) in [6, 6.07) is 14.3. The zero-order valence-corrected chi connectivity index (χ0v) is 15.7. The van der Waals surface area contributed by atoms with Crippen LogP contribution in [0.4, 0.5) is 4.39 Å². The summed E-state index contributed by atoms with van der Waals surface area (Å²) in [6.07, 6.45) is 1.95. The summed E-state index contributed by atoms with van der Waals surface area (Å²) in [5.41, 5.74) is 2.18. The van der Waals surface area contributed by atoms with Gasteiger partial charge in [-0.15, -0.1) is 0 Å². The summed E-state index contributed by atoms with van der Waals surface area (Å²) >= 11 is 0. The molecular weight excluding hydrogens is 331 g/mol. The van der Waals surface area contributed by atoms with Crippen molar-refractivity contribution in [3.8, 4) is 5.75 Å². The zero-order valence-electron chi connectivity index (χ0n) is 15.7. The molecule has 0 saturated carbocycles. The van der Waals surface area contributed by atoms with E-state index in [4.69, 9.17) is 4.74 Å². The van der Waals surface area contributed by atoms with Gasteiger partial charge < -0.3 is 9.64 Å². The van der Waals surface area contributed by atoms with Gasteiger partial charge in [0.05, 0.1) is 13.7 Å². The highest BCUT2D eigenvalue weighted by atomic mass is 19.1. The molecule has 26 heavy (non-hydrogen) atoms. The molecule has 0 heterocycles. The lowest BCUT2D eigenvalue weighted by atomic mass is 10.1. The van der Waals surface area contributed by atoms with Crippen LogP contribution in [0.5, 0.6) is 5.75 Å². The number of carbonyl (C=O) groups is 1. The second kappa shape index (κ2) is 9.92. The van der Waals surface area contributed by atoms with Gasteiger partial charge in [-0.2, -0.15) is 0 Å². The van der Waals surface area contributed by atoms with Gasteiger partial charge in [-0.3, -0.25) is 9.69 Å². The Kier molecular flexibility index (Phi) is 7.60. The first-order chi connectivity index (χ1) is 12.5. The van der Waals surface area contributed by atoms with Crippen LogP contribution in [0.1, 0.15) is 17.5 Å². The van der Waals surface area contributed by atoms with Gasteiger partial charge in [0.25, 0.3) is 0 Å². The average Bonchev–Trinajstić information content (AvgIpc) is 2.64. The SMILES string of the molecule is COc1ccc(CCCN(C)CC(=O)N(C)Cc2ccc(F)cc2)cc1. The summed E-state index contributed by atoms with van der Waals surface area (Å²) in [7, 11) is 5.39. The molecule has 0 unspecified atom stereocenters. The highest BCUT2D eigenvalue weighted by Gasteiger charge is 2.12. The Balaban J connectivity index is 1.71. The molecule has 2 rings (SSSR count). The largest absolute Gasteiger partial charge is 0.497 e. The van der Waals surface area contributed by atoms with Gasteiger partial charge in [-0.25, -0.2) is 4.39 Å². The standard InChI is InChI=1S/C21H27FN2O2/c1-23(14-4-5-17-8-12-20(26-3)13-9-17)16-21(25)24(2)15-18-6-10-19(22)11-7-18/h6-13H,4-5,14-16H2,1-3H3. The number of benzene rings is 2. The number of methoxy groups -OCH3 is 1. The van der Waals surface area contributed by atoms with Crippen LogP contribution < -0.4 is 4.74 Å². The van der Waals surface area contributed by atoms with Crippen molar-refractivity contribution >= 4 is 5.91 Å². The van der Waals surface area contributed by atoms with E-state index >= 15 is 0 Å². The van der Waals surface area contributed by atoms with Crippen molar-refractivity contribution in [2.24, 2.45) is 0 Å². The molecule has 0 aromatic heterocycles. The van der Waals surface area contributed by atoms with Crippen molar-refractivity contribution in [1.82, 2.24) is 9.80 Å². The van der Waals surface area contributed by atoms with E-state index in [1.165, 1.54) is 17.7 Å². The number of carbonyl (C=O) groups excluding carboxylic acids is 1. The van der Waals surface area contributed by atoms with Crippen molar-refractivity contribution in [2.45, 2.75) is 19.4 Å². The second-order valence-electron chi connectivity index (χ2n) is 6.57. The molecule has 0 aliphatic carbocycles. The van der Waals surface area contributed by atoms with Crippen molar-refractivity contribution in [3.05, 3.63) is 65.5 Å². The quantitative estimate of drug-likeness (QED) is 0.689. The molecule has 0 atom stereocenters. The monoisotopic (exact) mass is 358 g/mol. The van der Waals surface area contributed by atoms with Gasteiger partial charge in [-0.1, -0.05) is 24.3 Å². The van der Waals surface area contributed by atoms with Gasteiger partial charge >= 0.3 is 0 Å². The van der Waals surface area contributed by atoms with Gasteiger partial charge in [0.15, 0.2) is 0 Å². The maximum atomic E-state index is 12.9. The van der Waals surface area contributed by atoms with Crippen LogP contribution in [0.3, 0.4) is 0 Å². The minimum Gasteiger partial charge on any atom is -0.497 e. The molecule has 0 N–H and O–H groups in total. The first-order valence-corrected chi connectivity index (χ1v) is 8.78. The average molecular weight is 358 g/mol. The summed E-state index contributed by atoms with van der Waals surface area (Å²) in [4.78, 5) is 16.0. The van der Waals surface area contributed by atoms with Crippen LogP contribution in [0, 0.1) is 5.82 Å². The molecule has 0 aliphatic heterocycles. The van der Waals surface area contributed by atoms with E-state index in [1.807, 2.05) is 24.1 Å². The minimum atomic E-state index is -0.265. The lowest BCUT2D eigenvalue weighted by Crippen LogP contribution is -2.36. The first-order valence-electron chi connectivity index (χ1n) is 8.78. The first kappa shape index (κ1) is 19.9. The Morgan fingerprint density at radius 1 is 1.00 bits per heavy atom. The van der Waals surface area contributed by atoms with Crippen LogP contribution >= 0.6 is 0 Å². The number of amides is 1. The van der Waals surface area contributed by atoms with Crippen molar-refractivity contribution in [2.75, 3.05) is 34.3 Å². The van der Waals surface area contributed by atoms with Crippen LogP contribution in [-0.4, -0.2) is 50.0 Å². The van der Waals surface area contributed by atoms with Crippen LogP contribution in [0.15, 0.2) is 48.5 Å². The Hall–Kier alpha value is -2.40. The van der Waals surface area contributed by atoms with E-state index in [0.29, 0.717) is 13.1 Å². The fourth-order valence-electron chi connectivity index (χ4n) is 2.73. The number of aryl methyl sites for hydroxylation is 1. The van der Waals surface area contributed by atoms with Crippen molar-refractivity contribution in [1.29, 1.82) is 0 Å². The van der Waals surface area contributed by atoms with E-state index in [0.717, 1.165) is 30.7 Å². The van der Waals surface area contributed by atoms with Crippen molar-refractivity contribution in [3.63, 3.8) is 0 Å². The predicted octanol–water partition coefficient (Wildman–Crippen LogP) is 3.36. The third-order valence-electron chi connectivity index (χ3n) is 4.33. The molecule has 1 amide bonds. The number of hydrogen-bond acceptors (Lipinski definition) is 3. The summed E-state index contributed by atoms with van der Waals surface area (Å²) in [6.45, 7) is 1.71. The molecule has 0 aliphatic rings. The molecule has 140 valence electrons. The maximum Gasteiger partial charge on any atom is 0.236 e. The third-order valence-corrected chi connectivity index (χ3v) is 4.33. The van der Waals surface area contributed by atoms with Gasteiger partial charge in [-0.05, 0) is 61.8 Å². The number of likely N-dealkylation sites (N-methyl/N-ethyl adjacent to an activating group) is 2. The summed E-state index contributed by atoms with van der Waals surface area (Å²) in [5.74, 6) is 0.654. The van der Waals surface area contributed by atoms with E-state index in [9.17, 15) is 9.18 Å². The zero-order chi connectivity index (χ0) is 18.9. The molecule has 0 fully saturated rings. The van der Waals surface area contributed by atoms with Crippen molar-refractivity contribution < 1.29 is 13.9 Å². The smallest absolute Gasteiger partial charge is 0.236 e. The number of rotatable bonds is 9. The molecule has 0 radical (unpaired) electrons. The van der Waals surface area contributed by atoms with Gasteiger partial charge in [0.1, 0.15) is 11.6 Å². The summed E-state index contributed by atoms with van der Waals surface area (Å²) < 4.78 is 18.1. The minimum absolute atomic E-state index is 0.0567. The lowest BCUT2D eigenvalue weighted by Gasteiger charge is -2.22. The van der Waals surface area contributed by atoms with Crippen LogP contribution in [-0.2, 0) is 17.8 Å². The van der Waals surface area contributed by atoms with Gasteiger partial charge in [0, 0.05) is 13.6 Å². The Bertz CT molecular complexity index is 686. The fourth-order valence-corrected chi connectivity index (χ4v) is 2.73. The van der Waals surface area contributed by atoms with E-state index in [1.54, 1.807) is 31.2 Å². The van der Waals surface area contributed by atoms with E-state index in [-0.39, 0.29) is 11.7 Å². The Morgan fingerprint density at radius 3 is 2.23 bits per heavy atom. The molecule has 4 nitrogen and oxygen atoms in total. The molecule has 2 aromatic carbocycles. The Labute approximate surface area is 155 Å².